The Morgan fingerprint density at radius 2 is 2.04 bits per heavy atom. The van der Waals surface area contributed by atoms with E-state index in [-0.39, 0.29) is 11.5 Å². The lowest BCUT2D eigenvalue weighted by Crippen LogP contribution is -2.41. The number of hydrogen-bond acceptors (Lipinski definition) is 4. The normalized spacial score (nSPS) is 21.2. The number of hydrogen-bond donors (Lipinski definition) is 2. The van der Waals surface area contributed by atoms with Crippen molar-refractivity contribution >= 4 is 16.8 Å². The summed E-state index contributed by atoms with van der Waals surface area (Å²) in [6.07, 6.45) is 1.96. The average Bonchev–Trinajstić information content (AvgIpc) is 2.75. The molecule has 0 unspecified atom stereocenters. The number of likely N-dealkylation sites (N-methyl/N-ethyl adjacent to an activating group) is 1. The predicted molar refractivity (Wildman–Crippen MR) is 103 cm³/mol. The monoisotopic (exact) mass is 357 g/mol. The molecule has 140 valence electrons. The second-order valence-electron chi connectivity index (χ2n) is 7.70. The van der Waals surface area contributed by atoms with Gasteiger partial charge in [-0.1, -0.05) is 11.6 Å². The Hall–Kier alpha value is -2.18. The number of carbonyl (C=O) groups excluding carboxylic acids is 1. The topological polar surface area (TPSA) is 76.6 Å². The number of nitrogens with one attached hydrogen (secondary N) is 1. The molecule has 1 fully saturated rings. The molecule has 0 bridgehead atoms. The summed E-state index contributed by atoms with van der Waals surface area (Å²) in [6.45, 7) is 3.63. The minimum Gasteiger partial charge on any atom is -0.388 e. The number of aromatic amines is 1. The van der Waals surface area contributed by atoms with Crippen LogP contribution in [0.4, 0.5) is 0 Å². The van der Waals surface area contributed by atoms with E-state index in [2.05, 4.69) is 4.98 Å². The first-order chi connectivity index (χ1) is 12.3. The van der Waals surface area contributed by atoms with E-state index in [0.29, 0.717) is 43.6 Å². The van der Waals surface area contributed by atoms with Crippen LogP contribution in [0.3, 0.4) is 0 Å². The largest absolute Gasteiger partial charge is 0.388 e. The Bertz CT molecular complexity index is 874. The first-order valence-corrected chi connectivity index (χ1v) is 9.07. The lowest BCUT2D eigenvalue weighted by molar-refractivity contribution is 0.00305. The molecule has 0 aliphatic carbocycles. The molecule has 0 spiro atoms. The minimum absolute atomic E-state index is 0.138. The quantitative estimate of drug-likeness (QED) is 0.878. The van der Waals surface area contributed by atoms with Gasteiger partial charge in [0.15, 0.2) is 0 Å². The summed E-state index contributed by atoms with van der Waals surface area (Å²) in [6, 6.07) is 7.07. The standard InChI is InChI=1S/C20H27N3O3/c1-14-5-6-17-15(11-14)16(12-18(24)21-17)19(25)23-9-4-7-20(26,8-10-23)13-22(2)3/h5-6,11-12,26H,4,7-10,13H2,1-3H3,(H,21,24)/t20-/m0/s1. The van der Waals surface area contributed by atoms with Crippen LogP contribution in [-0.2, 0) is 0 Å². The van der Waals surface area contributed by atoms with Crippen LogP contribution in [0, 0.1) is 6.92 Å². The number of H-pyrrole nitrogens is 1. The molecule has 6 nitrogen and oxygen atoms in total. The van der Waals surface area contributed by atoms with Crippen LogP contribution in [0.5, 0.6) is 0 Å². The first kappa shape index (κ1) is 18.6. The molecule has 0 saturated carbocycles. The highest BCUT2D eigenvalue weighted by Gasteiger charge is 2.32. The maximum atomic E-state index is 13.1. The first-order valence-electron chi connectivity index (χ1n) is 9.07. The molecule has 1 amide bonds. The van der Waals surface area contributed by atoms with Crippen molar-refractivity contribution in [1.82, 2.24) is 14.8 Å². The van der Waals surface area contributed by atoms with Gasteiger partial charge in [-0.3, -0.25) is 9.59 Å². The van der Waals surface area contributed by atoms with E-state index in [4.69, 9.17) is 0 Å². The van der Waals surface area contributed by atoms with Crippen LogP contribution in [0.1, 0.15) is 35.2 Å². The van der Waals surface area contributed by atoms with Gasteiger partial charge >= 0.3 is 0 Å². The Balaban J connectivity index is 1.89. The Labute approximate surface area is 153 Å². The summed E-state index contributed by atoms with van der Waals surface area (Å²) in [5, 5.41) is 11.6. The maximum absolute atomic E-state index is 13.1. The fraction of sp³-hybridized carbons (Fsp3) is 0.500. The molecule has 1 aliphatic heterocycles. The van der Waals surface area contributed by atoms with Gasteiger partial charge in [-0.05, 0) is 52.4 Å². The number of nitrogens with zero attached hydrogens (tertiary/aromatic N) is 2. The smallest absolute Gasteiger partial charge is 0.254 e. The lowest BCUT2D eigenvalue weighted by atomic mass is 9.94. The third-order valence-corrected chi connectivity index (χ3v) is 5.04. The van der Waals surface area contributed by atoms with Gasteiger partial charge in [0.25, 0.3) is 5.91 Å². The van der Waals surface area contributed by atoms with Crippen molar-refractivity contribution in [3.8, 4) is 0 Å². The molecule has 6 heteroatoms. The molecule has 1 aromatic heterocycles. The number of aromatic nitrogens is 1. The number of aliphatic hydroxyl groups is 1. The van der Waals surface area contributed by atoms with Crippen molar-refractivity contribution in [2.75, 3.05) is 33.7 Å². The number of pyridine rings is 1. The van der Waals surface area contributed by atoms with Crippen LogP contribution >= 0.6 is 0 Å². The third-order valence-electron chi connectivity index (χ3n) is 5.04. The number of fused-ring (bicyclic) bond motifs is 1. The molecule has 1 atom stereocenters. The number of rotatable bonds is 3. The van der Waals surface area contributed by atoms with Crippen molar-refractivity contribution in [3.05, 3.63) is 45.7 Å². The number of aryl methyl sites for hydroxylation is 1. The second kappa shape index (κ2) is 7.21. The molecule has 1 saturated heterocycles. The van der Waals surface area contributed by atoms with Crippen molar-refractivity contribution in [2.45, 2.75) is 31.8 Å². The summed E-state index contributed by atoms with van der Waals surface area (Å²) in [5.74, 6) is -0.138. The van der Waals surface area contributed by atoms with Crippen molar-refractivity contribution in [3.63, 3.8) is 0 Å². The highest BCUT2D eigenvalue weighted by atomic mass is 16.3. The fourth-order valence-electron chi connectivity index (χ4n) is 3.84. The molecule has 1 aromatic carbocycles. The number of amides is 1. The summed E-state index contributed by atoms with van der Waals surface area (Å²) in [4.78, 5) is 31.7. The molecule has 2 N–H and O–H groups in total. The van der Waals surface area contributed by atoms with Gasteiger partial charge in [0.2, 0.25) is 5.56 Å². The molecule has 2 aromatic rings. The van der Waals surface area contributed by atoms with E-state index in [1.807, 2.05) is 44.1 Å². The van der Waals surface area contributed by atoms with Gasteiger partial charge in [0, 0.05) is 36.6 Å². The highest BCUT2D eigenvalue weighted by Crippen LogP contribution is 2.25. The summed E-state index contributed by atoms with van der Waals surface area (Å²) in [5.41, 5.74) is 1.10. The van der Waals surface area contributed by atoms with Crippen LogP contribution in [0.15, 0.2) is 29.1 Å². The number of carbonyl (C=O) groups is 1. The molecular weight excluding hydrogens is 330 g/mol. The van der Waals surface area contributed by atoms with Gasteiger partial charge in [-0.25, -0.2) is 0 Å². The van der Waals surface area contributed by atoms with Crippen molar-refractivity contribution < 1.29 is 9.90 Å². The van der Waals surface area contributed by atoms with Crippen molar-refractivity contribution in [1.29, 1.82) is 0 Å². The maximum Gasteiger partial charge on any atom is 0.254 e. The molecule has 3 rings (SSSR count). The van der Waals surface area contributed by atoms with Gasteiger partial charge in [-0.15, -0.1) is 0 Å². The highest BCUT2D eigenvalue weighted by molar-refractivity contribution is 6.06. The van der Waals surface area contributed by atoms with E-state index < -0.39 is 5.60 Å². The zero-order valence-electron chi connectivity index (χ0n) is 15.7. The van der Waals surface area contributed by atoms with Crippen LogP contribution in [0.25, 0.3) is 10.9 Å². The van der Waals surface area contributed by atoms with Gasteiger partial charge in [-0.2, -0.15) is 0 Å². The molecular formula is C20H27N3O3. The zero-order valence-corrected chi connectivity index (χ0v) is 15.7. The Morgan fingerprint density at radius 3 is 2.77 bits per heavy atom. The summed E-state index contributed by atoms with van der Waals surface area (Å²) < 4.78 is 0. The third kappa shape index (κ3) is 3.97. The van der Waals surface area contributed by atoms with Crippen LogP contribution in [-0.4, -0.2) is 65.1 Å². The van der Waals surface area contributed by atoms with E-state index in [1.165, 1.54) is 6.07 Å². The van der Waals surface area contributed by atoms with E-state index in [0.717, 1.165) is 17.4 Å². The molecule has 2 heterocycles. The number of likely N-dealkylation sites (tertiary alicyclic amines) is 1. The zero-order chi connectivity index (χ0) is 18.9. The summed E-state index contributed by atoms with van der Waals surface area (Å²) in [7, 11) is 3.88. The van der Waals surface area contributed by atoms with Gasteiger partial charge < -0.3 is 19.9 Å². The van der Waals surface area contributed by atoms with Crippen LogP contribution in [0.2, 0.25) is 0 Å². The number of benzene rings is 1. The minimum atomic E-state index is -0.772. The van der Waals surface area contributed by atoms with Crippen molar-refractivity contribution in [2.24, 2.45) is 0 Å². The van der Waals surface area contributed by atoms with Gasteiger partial charge in [0.05, 0.1) is 11.2 Å². The van der Waals surface area contributed by atoms with E-state index in [1.54, 1.807) is 4.90 Å². The van der Waals surface area contributed by atoms with E-state index >= 15 is 0 Å². The average molecular weight is 357 g/mol. The summed E-state index contributed by atoms with van der Waals surface area (Å²) >= 11 is 0. The fourth-order valence-corrected chi connectivity index (χ4v) is 3.84. The Kier molecular flexibility index (Phi) is 5.16. The predicted octanol–water partition coefficient (Wildman–Crippen LogP) is 1.76. The molecule has 26 heavy (non-hydrogen) atoms. The lowest BCUT2D eigenvalue weighted by Gasteiger charge is -2.30. The Morgan fingerprint density at radius 1 is 1.27 bits per heavy atom. The second-order valence-corrected chi connectivity index (χ2v) is 7.70. The molecule has 0 radical (unpaired) electrons. The van der Waals surface area contributed by atoms with Gasteiger partial charge in [0.1, 0.15) is 0 Å². The van der Waals surface area contributed by atoms with E-state index in [9.17, 15) is 14.7 Å². The van der Waals surface area contributed by atoms with Crippen LogP contribution < -0.4 is 5.56 Å². The SMILES string of the molecule is Cc1ccc2[nH]c(=O)cc(C(=O)N3CCC[C@@](O)(CN(C)C)CC3)c2c1. The molecule has 1 aliphatic rings.